The summed E-state index contributed by atoms with van der Waals surface area (Å²) >= 11 is 0. The number of benzene rings is 1. The molecule has 0 unspecified atom stereocenters. The first-order valence-electron chi connectivity index (χ1n) is 5.95. The Morgan fingerprint density at radius 3 is 2.30 bits per heavy atom. The first kappa shape index (κ1) is 14.2. The lowest BCUT2D eigenvalue weighted by molar-refractivity contribution is 0.281. The molecule has 20 heavy (non-hydrogen) atoms. The Morgan fingerprint density at radius 1 is 1.15 bits per heavy atom. The van der Waals surface area contributed by atoms with Gasteiger partial charge in [-0.1, -0.05) is 0 Å². The van der Waals surface area contributed by atoms with Gasteiger partial charge in [0.1, 0.15) is 5.75 Å². The van der Waals surface area contributed by atoms with Crippen LogP contribution >= 0.6 is 0 Å². The molecule has 0 saturated heterocycles. The van der Waals surface area contributed by atoms with Gasteiger partial charge in [-0.2, -0.15) is 0 Å². The molecule has 1 aromatic heterocycles. The van der Waals surface area contributed by atoms with Crippen molar-refractivity contribution in [3.63, 3.8) is 0 Å². The van der Waals surface area contributed by atoms with Gasteiger partial charge >= 0.3 is 5.63 Å². The molecule has 6 heteroatoms. The van der Waals surface area contributed by atoms with Gasteiger partial charge < -0.3 is 23.7 Å². The molecule has 108 valence electrons. The van der Waals surface area contributed by atoms with Gasteiger partial charge in [0, 0.05) is 0 Å². The predicted molar refractivity (Wildman–Crippen MR) is 72.8 cm³/mol. The van der Waals surface area contributed by atoms with E-state index >= 15 is 0 Å². The Kier molecular flexibility index (Phi) is 3.85. The molecule has 0 amide bonds. The van der Waals surface area contributed by atoms with E-state index in [4.69, 9.17) is 18.6 Å². The van der Waals surface area contributed by atoms with Gasteiger partial charge in [0.15, 0.2) is 11.3 Å². The highest BCUT2D eigenvalue weighted by molar-refractivity contribution is 5.94. The normalized spacial score (nSPS) is 10.7. The minimum Gasteiger partial charge on any atom is -0.495 e. The smallest absolute Gasteiger partial charge is 0.343 e. The highest BCUT2D eigenvalue weighted by Gasteiger charge is 2.22. The zero-order valence-corrected chi connectivity index (χ0v) is 11.8. The first-order chi connectivity index (χ1) is 9.58. The topological polar surface area (TPSA) is 78.1 Å². The van der Waals surface area contributed by atoms with Crippen molar-refractivity contribution in [2.45, 2.75) is 13.5 Å². The monoisotopic (exact) mass is 280 g/mol. The van der Waals surface area contributed by atoms with E-state index in [1.165, 1.54) is 21.3 Å². The number of rotatable bonds is 4. The van der Waals surface area contributed by atoms with Gasteiger partial charge in [0.05, 0.1) is 38.9 Å². The number of aliphatic hydroxyl groups is 1. The van der Waals surface area contributed by atoms with Crippen LogP contribution in [0, 0.1) is 6.92 Å². The summed E-state index contributed by atoms with van der Waals surface area (Å²) in [6.45, 7) is 1.35. The van der Waals surface area contributed by atoms with Crippen LogP contribution in [0.5, 0.6) is 17.2 Å². The maximum Gasteiger partial charge on any atom is 0.343 e. The van der Waals surface area contributed by atoms with Gasteiger partial charge in [-0.25, -0.2) is 4.79 Å². The summed E-state index contributed by atoms with van der Waals surface area (Å²) in [5, 5.41) is 10.0. The molecule has 0 radical (unpaired) electrons. The molecule has 0 fully saturated rings. The second-order valence-electron chi connectivity index (χ2n) is 4.18. The molecule has 0 aliphatic carbocycles. The Balaban J connectivity index is 3.06. The van der Waals surface area contributed by atoms with Crippen LogP contribution in [0.4, 0.5) is 0 Å². The molecule has 0 atom stereocenters. The lowest BCUT2D eigenvalue weighted by atomic mass is 10.1. The van der Waals surface area contributed by atoms with Crippen molar-refractivity contribution in [1.29, 1.82) is 0 Å². The van der Waals surface area contributed by atoms with Crippen molar-refractivity contribution in [2.24, 2.45) is 0 Å². The van der Waals surface area contributed by atoms with E-state index in [1.807, 2.05) is 0 Å². The van der Waals surface area contributed by atoms with Crippen molar-refractivity contribution < 1.29 is 23.7 Å². The standard InChI is InChI=1S/C14H16O6/c1-7-11(18-3)10-8(6-15)5-9(17-2)12(19-4)13(10)20-14(7)16/h5,15H,6H2,1-4H3. The fourth-order valence-electron chi connectivity index (χ4n) is 2.19. The summed E-state index contributed by atoms with van der Waals surface area (Å²) in [6, 6.07) is 1.63. The quantitative estimate of drug-likeness (QED) is 0.857. The Morgan fingerprint density at radius 2 is 1.80 bits per heavy atom. The van der Waals surface area contributed by atoms with Crippen molar-refractivity contribution in [1.82, 2.24) is 0 Å². The van der Waals surface area contributed by atoms with Crippen LogP contribution in [0.15, 0.2) is 15.3 Å². The predicted octanol–water partition coefficient (Wildman–Crippen LogP) is 1.62. The third kappa shape index (κ3) is 1.98. The van der Waals surface area contributed by atoms with Gasteiger partial charge in [-0.3, -0.25) is 0 Å². The van der Waals surface area contributed by atoms with Gasteiger partial charge in [0.25, 0.3) is 0 Å². The van der Waals surface area contributed by atoms with E-state index in [0.717, 1.165) is 0 Å². The van der Waals surface area contributed by atoms with E-state index in [-0.39, 0.29) is 17.9 Å². The first-order valence-corrected chi connectivity index (χ1v) is 5.95. The molecule has 0 bridgehead atoms. The molecule has 6 nitrogen and oxygen atoms in total. The van der Waals surface area contributed by atoms with Crippen LogP contribution < -0.4 is 19.8 Å². The van der Waals surface area contributed by atoms with Crippen molar-refractivity contribution >= 4 is 11.0 Å². The number of ether oxygens (including phenoxy) is 3. The number of methoxy groups -OCH3 is 3. The lowest BCUT2D eigenvalue weighted by Crippen LogP contribution is -2.08. The fraction of sp³-hybridized carbons (Fsp3) is 0.357. The Bertz CT molecular complexity index is 701. The fourth-order valence-corrected chi connectivity index (χ4v) is 2.19. The minimum absolute atomic E-state index is 0.198. The number of fused-ring (bicyclic) bond motifs is 1. The highest BCUT2D eigenvalue weighted by atomic mass is 16.5. The van der Waals surface area contributed by atoms with E-state index in [9.17, 15) is 9.90 Å². The van der Waals surface area contributed by atoms with Gasteiger partial charge in [-0.15, -0.1) is 0 Å². The lowest BCUT2D eigenvalue weighted by Gasteiger charge is -2.15. The van der Waals surface area contributed by atoms with E-state index in [0.29, 0.717) is 28.0 Å². The van der Waals surface area contributed by atoms with Crippen LogP contribution in [-0.2, 0) is 6.61 Å². The zero-order chi connectivity index (χ0) is 14.9. The van der Waals surface area contributed by atoms with Crippen molar-refractivity contribution in [2.75, 3.05) is 21.3 Å². The zero-order valence-electron chi connectivity index (χ0n) is 11.8. The SMILES string of the molecule is COc1cc(CO)c2c(OC)c(C)c(=O)oc2c1OC. The van der Waals surface area contributed by atoms with Crippen molar-refractivity contribution in [3.05, 3.63) is 27.6 Å². The van der Waals surface area contributed by atoms with Gasteiger partial charge in [-0.05, 0) is 18.6 Å². The summed E-state index contributed by atoms with van der Waals surface area (Å²) in [5.41, 5.74) is 0.538. The molecular formula is C14H16O6. The van der Waals surface area contributed by atoms with Crippen LogP contribution in [0.25, 0.3) is 11.0 Å². The molecule has 0 aliphatic heterocycles. The molecule has 1 aromatic carbocycles. The number of hydrogen-bond acceptors (Lipinski definition) is 6. The maximum absolute atomic E-state index is 11.9. The number of aliphatic hydroxyl groups excluding tert-OH is 1. The second kappa shape index (κ2) is 5.42. The van der Waals surface area contributed by atoms with Crippen LogP contribution in [-0.4, -0.2) is 26.4 Å². The third-order valence-electron chi connectivity index (χ3n) is 3.15. The average Bonchev–Trinajstić information content (AvgIpc) is 2.47. The maximum atomic E-state index is 11.9. The third-order valence-corrected chi connectivity index (χ3v) is 3.15. The average molecular weight is 280 g/mol. The summed E-state index contributed by atoms with van der Waals surface area (Å²) in [4.78, 5) is 11.9. The summed E-state index contributed by atoms with van der Waals surface area (Å²) in [7, 11) is 4.37. The summed E-state index contributed by atoms with van der Waals surface area (Å²) in [6.07, 6.45) is 0. The molecule has 1 heterocycles. The van der Waals surface area contributed by atoms with E-state index in [1.54, 1.807) is 13.0 Å². The van der Waals surface area contributed by atoms with Gasteiger partial charge in [0.2, 0.25) is 5.75 Å². The second-order valence-corrected chi connectivity index (χ2v) is 4.18. The highest BCUT2D eigenvalue weighted by Crippen LogP contribution is 2.41. The molecule has 2 rings (SSSR count). The summed E-state index contributed by atoms with van der Waals surface area (Å²) < 4.78 is 21.0. The molecule has 1 N–H and O–H groups in total. The number of hydrogen-bond donors (Lipinski definition) is 1. The van der Waals surface area contributed by atoms with Crippen LogP contribution in [0.3, 0.4) is 0 Å². The summed E-state index contributed by atoms with van der Waals surface area (Å²) in [5.74, 6) is 1.02. The van der Waals surface area contributed by atoms with Crippen LogP contribution in [0.2, 0.25) is 0 Å². The van der Waals surface area contributed by atoms with E-state index < -0.39 is 5.63 Å². The van der Waals surface area contributed by atoms with Crippen LogP contribution in [0.1, 0.15) is 11.1 Å². The molecule has 2 aromatic rings. The Labute approximate surface area is 115 Å². The van der Waals surface area contributed by atoms with E-state index in [2.05, 4.69) is 0 Å². The Hall–Kier alpha value is -2.21. The minimum atomic E-state index is -0.523. The molecule has 0 aliphatic rings. The molecule has 0 spiro atoms. The largest absolute Gasteiger partial charge is 0.495 e. The van der Waals surface area contributed by atoms with Crippen molar-refractivity contribution in [3.8, 4) is 17.2 Å². The molecular weight excluding hydrogens is 264 g/mol. The molecule has 0 saturated carbocycles.